The fraction of sp³-hybridized carbons (Fsp3) is 0.0370. The number of aromatic amines is 1. The minimum absolute atomic E-state index is 0.0318. The van der Waals surface area contributed by atoms with Crippen LogP contribution in [-0.4, -0.2) is 24.3 Å². The highest BCUT2D eigenvalue weighted by molar-refractivity contribution is 7.92. The number of sulfonamides is 1. The summed E-state index contributed by atoms with van der Waals surface area (Å²) in [4.78, 5) is 20.3. The number of hydrogen-bond acceptors (Lipinski definition) is 4. The molecule has 4 aromatic carbocycles. The largest absolute Gasteiger partial charge is 0.324 e. The third-order valence-corrected chi connectivity index (χ3v) is 7.67. The summed E-state index contributed by atoms with van der Waals surface area (Å²) in [6, 6.07) is 29.3. The van der Waals surface area contributed by atoms with E-state index in [2.05, 4.69) is 15.3 Å². The zero-order chi connectivity index (χ0) is 25.1. The molecule has 36 heavy (non-hydrogen) atoms. The zero-order valence-electron chi connectivity index (χ0n) is 18.9. The van der Waals surface area contributed by atoms with Gasteiger partial charge in [-0.25, -0.2) is 13.4 Å². The second kappa shape index (κ2) is 9.85. The smallest absolute Gasteiger partial charge is 0.264 e. The molecule has 0 saturated heterocycles. The van der Waals surface area contributed by atoms with Gasteiger partial charge in [-0.1, -0.05) is 72.3 Å². The van der Waals surface area contributed by atoms with Crippen LogP contribution in [0.5, 0.6) is 0 Å². The molecule has 180 valence electrons. The van der Waals surface area contributed by atoms with Crippen molar-refractivity contribution in [3.05, 3.63) is 119 Å². The van der Waals surface area contributed by atoms with Crippen molar-refractivity contribution in [2.24, 2.45) is 0 Å². The Morgan fingerprint density at radius 2 is 1.61 bits per heavy atom. The molecule has 5 rings (SSSR count). The normalized spacial score (nSPS) is 11.4. The van der Waals surface area contributed by atoms with E-state index in [-0.39, 0.29) is 23.0 Å². The van der Waals surface area contributed by atoms with Gasteiger partial charge in [0.15, 0.2) is 0 Å². The third-order valence-electron chi connectivity index (χ3n) is 5.60. The first kappa shape index (κ1) is 23.6. The number of carbonyl (C=O) groups excluding carboxylic acids is 1. The van der Waals surface area contributed by atoms with Crippen molar-refractivity contribution in [3.63, 3.8) is 0 Å². The molecule has 0 fully saturated rings. The highest BCUT2D eigenvalue weighted by atomic mass is 35.5. The SMILES string of the molecule is O=C(Nc1nc2ccccc2[nH]1)c1cccc(S(=O)(=O)N(Cc2ccccc2)c2ccccc2Cl)c1. The zero-order valence-corrected chi connectivity index (χ0v) is 20.5. The van der Waals surface area contributed by atoms with Crippen LogP contribution in [0, 0.1) is 0 Å². The summed E-state index contributed by atoms with van der Waals surface area (Å²) in [5, 5.41) is 3.00. The van der Waals surface area contributed by atoms with Crippen LogP contribution in [0.2, 0.25) is 5.02 Å². The minimum Gasteiger partial charge on any atom is -0.324 e. The second-order valence-corrected chi connectivity index (χ2v) is 10.3. The molecule has 0 bridgehead atoms. The fourth-order valence-corrected chi connectivity index (χ4v) is 5.63. The van der Waals surface area contributed by atoms with E-state index in [0.29, 0.717) is 16.2 Å². The molecule has 2 N–H and O–H groups in total. The number of hydrogen-bond donors (Lipinski definition) is 2. The summed E-state index contributed by atoms with van der Waals surface area (Å²) < 4.78 is 29.0. The molecule has 0 radical (unpaired) electrons. The summed E-state index contributed by atoms with van der Waals surface area (Å²) in [5.41, 5.74) is 2.80. The third kappa shape index (κ3) is 4.82. The maximum Gasteiger partial charge on any atom is 0.264 e. The number of H-pyrrole nitrogens is 1. The van der Waals surface area contributed by atoms with Crippen molar-refractivity contribution < 1.29 is 13.2 Å². The number of para-hydroxylation sites is 3. The van der Waals surface area contributed by atoms with Crippen molar-refractivity contribution in [1.29, 1.82) is 0 Å². The van der Waals surface area contributed by atoms with Crippen molar-refractivity contribution in [2.75, 3.05) is 9.62 Å². The summed E-state index contributed by atoms with van der Waals surface area (Å²) >= 11 is 6.40. The molecule has 0 unspecified atom stereocenters. The number of nitrogens with one attached hydrogen (secondary N) is 2. The Morgan fingerprint density at radius 3 is 2.39 bits per heavy atom. The maximum atomic E-state index is 13.9. The van der Waals surface area contributed by atoms with Gasteiger partial charge in [0.2, 0.25) is 5.95 Å². The van der Waals surface area contributed by atoms with Gasteiger partial charge in [0.1, 0.15) is 0 Å². The number of nitrogens with zero attached hydrogens (tertiary/aromatic N) is 2. The van der Waals surface area contributed by atoms with E-state index in [9.17, 15) is 13.2 Å². The van der Waals surface area contributed by atoms with E-state index in [4.69, 9.17) is 11.6 Å². The fourth-order valence-electron chi connectivity index (χ4n) is 3.82. The number of anilines is 2. The number of halogens is 1. The second-order valence-electron chi connectivity index (χ2n) is 8.03. The van der Waals surface area contributed by atoms with Crippen LogP contribution in [0.3, 0.4) is 0 Å². The monoisotopic (exact) mass is 516 g/mol. The molecule has 0 spiro atoms. The quantitative estimate of drug-likeness (QED) is 0.283. The average Bonchev–Trinajstić information content (AvgIpc) is 3.31. The average molecular weight is 517 g/mol. The Labute approximate surface area is 213 Å². The lowest BCUT2D eigenvalue weighted by molar-refractivity contribution is 0.102. The van der Waals surface area contributed by atoms with Crippen LogP contribution in [0.1, 0.15) is 15.9 Å². The Kier molecular flexibility index (Phi) is 6.45. The molecule has 1 amide bonds. The van der Waals surface area contributed by atoms with Crippen molar-refractivity contribution >= 4 is 50.2 Å². The maximum absolute atomic E-state index is 13.9. The summed E-state index contributed by atoms with van der Waals surface area (Å²) in [7, 11) is -4.08. The Bertz CT molecular complexity index is 1620. The van der Waals surface area contributed by atoms with E-state index >= 15 is 0 Å². The van der Waals surface area contributed by atoms with Crippen LogP contribution >= 0.6 is 11.6 Å². The van der Waals surface area contributed by atoms with E-state index < -0.39 is 15.9 Å². The van der Waals surface area contributed by atoms with Crippen LogP contribution in [-0.2, 0) is 16.6 Å². The van der Waals surface area contributed by atoms with E-state index in [1.165, 1.54) is 22.5 Å². The molecule has 0 saturated carbocycles. The van der Waals surface area contributed by atoms with Gasteiger partial charge < -0.3 is 4.98 Å². The molecule has 1 heterocycles. The molecular formula is C27H21ClN4O3S. The molecule has 5 aromatic rings. The van der Waals surface area contributed by atoms with Crippen molar-refractivity contribution in [3.8, 4) is 0 Å². The molecule has 0 aliphatic rings. The van der Waals surface area contributed by atoms with Gasteiger partial charge in [0, 0.05) is 5.56 Å². The minimum atomic E-state index is -4.08. The number of rotatable bonds is 7. The number of carbonyl (C=O) groups is 1. The lowest BCUT2D eigenvalue weighted by Gasteiger charge is -2.25. The first-order valence-electron chi connectivity index (χ1n) is 11.1. The highest BCUT2D eigenvalue weighted by Gasteiger charge is 2.27. The van der Waals surface area contributed by atoms with Crippen molar-refractivity contribution in [2.45, 2.75) is 11.4 Å². The van der Waals surface area contributed by atoms with Crippen LogP contribution in [0.4, 0.5) is 11.6 Å². The summed E-state index contributed by atoms with van der Waals surface area (Å²) in [6.45, 7) is 0.0717. The molecule has 9 heteroatoms. The lowest BCUT2D eigenvalue weighted by Crippen LogP contribution is -2.31. The number of benzene rings is 4. The molecule has 0 atom stereocenters. The van der Waals surface area contributed by atoms with Crippen LogP contribution < -0.4 is 9.62 Å². The van der Waals surface area contributed by atoms with Gasteiger partial charge in [0.05, 0.1) is 33.2 Å². The topological polar surface area (TPSA) is 95.2 Å². The predicted octanol–water partition coefficient (Wildman–Crippen LogP) is 5.86. The number of aromatic nitrogens is 2. The standard InChI is InChI=1S/C27H21ClN4O3S/c28-22-13-4-7-16-25(22)32(18-19-9-2-1-3-10-19)36(34,35)21-12-8-11-20(17-21)26(33)31-27-29-23-14-5-6-15-24(23)30-27/h1-17H,18H2,(H2,29,30,31,33). The van der Waals surface area contributed by atoms with E-state index in [1.54, 1.807) is 30.3 Å². The number of imidazole rings is 1. The summed E-state index contributed by atoms with van der Waals surface area (Å²) in [5.74, 6) is -0.213. The predicted molar refractivity (Wildman–Crippen MR) is 142 cm³/mol. The first-order chi connectivity index (χ1) is 17.4. The highest BCUT2D eigenvalue weighted by Crippen LogP contribution is 2.32. The Morgan fingerprint density at radius 1 is 0.889 bits per heavy atom. The van der Waals surface area contributed by atoms with Gasteiger partial charge in [0.25, 0.3) is 15.9 Å². The van der Waals surface area contributed by atoms with E-state index in [0.717, 1.165) is 11.1 Å². The van der Waals surface area contributed by atoms with Crippen LogP contribution in [0.15, 0.2) is 108 Å². The molecule has 7 nitrogen and oxygen atoms in total. The lowest BCUT2D eigenvalue weighted by atomic mass is 10.2. The molecule has 0 aliphatic heterocycles. The Balaban J connectivity index is 1.48. The van der Waals surface area contributed by atoms with Gasteiger partial charge in [-0.15, -0.1) is 0 Å². The molecule has 0 aliphatic carbocycles. The van der Waals surface area contributed by atoms with Gasteiger partial charge in [-0.3, -0.25) is 14.4 Å². The van der Waals surface area contributed by atoms with Gasteiger partial charge in [-0.2, -0.15) is 0 Å². The summed E-state index contributed by atoms with van der Waals surface area (Å²) in [6.07, 6.45) is 0. The number of amides is 1. The van der Waals surface area contributed by atoms with Gasteiger partial charge in [-0.05, 0) is 48.0 Å². The van der Waals surface area contributed by atoms with Gasteiger partial charge >= 0.3 is 0 Å². The molecule has 1 aromatic heterocycles. The Hall–Kier alpha value is -4.14. The van der Waals surface area contributed by atoms with Crippen molar-refractivity contribution in [1.82, 2.24) is 9.97 Å². The first-order valence-corrected chi connectivity index (χ1v) is 12.9. The molecular weight excluding hydrogens is 496 g/mol. The number of fused-ring (bicyclic) bond motifs is 1. The van der Waals surface area contributed by atoms with E-state index in [1.807, 2.05) is 54.6 Å². The van der Waals surface area contributed by atoms with Crippen LogP contribution in [0.25, 0.3) is 11.0 Å².